The van der Waals surface area contributed by atoms with Gasteiger partial charge in [0.1, 0.15) is 0 Å². The maximum atomic E-state index is 13.0. The third-order valence-electron chi connectivity index (χ3n) is 4.29. The topological polar surface area (TPSA) is 105 Å². The summed E-state index contributed by atoms with van der Waals surface area (Å²) in [6, 6.07) is 11.8. The predicted molar refractivity (Wildman–Crippen MR) is 115 cm³/mol. The number of nitrogens with zero attached hydrogens (tertiary/aromatic N) is 3. The van der Waals surface area contributed by atoms with Crippen molar-refractivity contribution in [1.82, 2.24) is 14.4 Å². The molecule has 10 heteroatoms. The standard InChI is InChI=1S/C20H22N4O4S2/c1-13-9-10-15(30(26,27)24(3)4)11-17(13)22-20(25)16-7-5-6-8-18(16)29-12-19-21-14(2)23-28-19/h5-11H,12H2,1-4H3,(H,22,25). The molecule has 0 aliphatic rings. The molecule has 0 saturated carbocycles. The lowest BCUT2D eigenvalue weighted by Crippen LogP contribution is -2.22. The number of carbonyl (C=O) groups excluding carboxylic acids is 1. The maximum absolute atomic E-state index is 13.0. The number of nitrogens with one attached hydrogen (secondary N) is 1. The zero-order valence-corrected chi connectivity index (χ0v) is 18.7. The molecule has 0 bridgehead atoms. The lowest BCUT2D eigenvalue weighted by molar-refractivity contribution is 0.102. The first kappa shape index (κ1) is 22.0. The van der Waals surface area contributed by atoms with Crippen molar-refractivity contribution in [2.24, 2.45) is 0 Å². The fraction of sp³-hybridized carbons (Fsp3) is 0.250. The fourth-order valence-electron chi connectivity index (χ4n) is 2.61. The number of aromatic nitrogens is 2. The number of amides is 1. The highest BCUT2D eigenvalue weighted by molar-refractivity contribution is 7.98. The van der Waals surface area contributed by atoms with E-state index >= 15 is 0 Å². The van der Waals surface area contributed by atoms with Gasteiger partial charge in [-0.2, -0.15) is 4.98 Å². The maximum Gasteiger partial charge on any atom is 0.256 e. The third-order valence-corrected chi connectivity index (χ3v) is 7.16. The molecule has 8 nitrogen and oxygen atoms in total. The van der Waals surface area contributed by atoms with Crippen molar-refractivity contribution in [2.45, 2.75) is 29.4 Å². The number of sulfonamides is 1. The molecule has 1 heterocycles. The van der Waals surface area contributed by atoms with Crippen LogP contribution in [0.4, 0.5) is 5.69 Å². The van der Waals surface area contributed by atoms with Crippen molar-refractivity contribution in [3.63, 3.8) is 0 Å². The lowest BCUT2D eigenvalue weighted by Gasteiger charge is -2.15. The van der Waals surface area contributed by atoms with Gasteiger partial charge in [-0.25, -0.2) is 12.7 Å². The molecule has 0 atom stereocenters. The van der Waals surface area contributed by atoms with Gasteiger partial charge in [0, 0.05) is 24.7 Å². The van der Waals surface area contributed by atoms with E-state index in [1.165, 1.54) is 38.0 Å². The quantitative estimate of drug-likeness (QED) is 0.554. The highest BCUT2D eigenvalue weighted by Gasteiger charge is 2.20. The van der Waals surface area contributed by atoms with Crippen molar-refractivity contribution < 1.29 is 17.7 Å². The second-order valence-electron chi connectivity index (χ2n) is 6.74. The molecule has 0 saturated heterocycles. The number of rotatable bonds is 7. The molecule has 1 amide bonds. The Bertz CT molecular complexity index is 1170. The number of hydrogen-bond donors (Lipinski definition) is 1. The molecule has 1 N–H and O–H groups in total. The number of carbonyl (C=O) groups is 1. The summed E-state index contributed by atoms with van der Waals surface area (Å²) in [6.45, 7) is 3.55. The molecule has 2 aromatic carbocycles. The Morgan fingerprint density at radius 2 is 1.90 bits per heavy atom. The second kappa shape index (κ2) is 8.99. The second-order valence-corrected chi connectivity index (χ2v) is 9.91. The SMILES string of the molecule is Cc1noc(CSc2ccccc2C(=O)Nc2cc(S(=O)(=O)N(C)C)ccc2C)n1. The molecule has 1 aromatic heterocycles. The molecule has 158 valence electrons. The zero-order chi connectivity index (χ0) is 21.9. The van der Waals surface area contributed by atoms with Crippen LogP contribution in [0, 0.1) is 13.8 Å². The molecule has 30 heavy (non-hydrogen) atoms. The first-order chi connectivity index (χ1) is 14.2. The molecule has 0 spiro atoms. The minimum absolute atomic E-state index is 0.114. The predicted octanol–water partition coefficient (Wildman–Crippen LogP) is 3.48. The van der Waals surface area contributed by atoms with Crippen LogP contribution in [0.15, 0.2) is 56.8 Å². The van der Waals surface area contributed by atoms with Gasteiger partial charge in [-0.15, -0.1) is 11.8 Å². The summed E-state index contributed by atoms with van der Waals surface area (Å²) in [4.78, 5) is 18.0. The number of anilines is 1. The summed E-state index contributed by atoms with van der Waals surface area (Å²) in [5.41, 5.74) is 1.67. The van der Waals surface area contributed by atoms with Crippen molar-refractivity contribution in [3.05, 3.63) is 65.3 Å². The van der Waals surface area contributed by atoms with Gasteiger partial charge in [-0.1, -0.05) is 23.4 Å². The Labute approximate surface area is 179 Å². The minimum atomic E-state index is -3.61. The Morgan fingerprint density at radius 1 is 1.17 bits per heavy atom. The van der Waals surface area contributed by atoms with E-state index in [9.17, 15) is 13.2 Å². The first-order valence-corrected chi connectivity index (χ1v) is 11.5. The van der Waals surface area contributed by atoms with E-state index in [1.807, 2.05) is 12.1 Å². The summed E-state index contributed by atoms with van der Waals surface area (Å²) in [5, 5.41) is 6.60. The molecule has 3 aromatic rings. The first-order valence-electron chi connectivity index (χ1n) is 9.04. The van der Waals surface area contributed by atoms with Crippen LogP contribution in [0.5, 0.6) is 0 Å². The van der Waals surface area contributed by atoms with Crippen LogP contribution in [0.25, 0.3) is 0 Å². The monoisotopic (exact) mass is 446 g/mol. The Kier molecular flexibility index (Phi) is 6.59. The van der Waals surface area contributed by atoms with E-state index in [0.717, 1.165) is 14.8 Å². The largest absolute Gasteiger partial charge is 0.338 e. The molecular formula is C20H22N4O4S2. The molecular weight excluding hydrogens is 424 g/mol. The summed E-state index contributed by atoms with van der Waals surface area (Å²) in [6.07, 6.45) is 0. The summed E-state index contributed by atoms with van der Waals surface area (Å²) in [5.74, 6) is 1.13. The Hall–Kier alpha value is -2.69. The van der Waals surface area contributed by atoms with E-state index in [2.05, 4.69) is 15.5 Å². The van der Waals surface area contributed by atoms with Crippen LogP contribution in [-0.4, -0.2) is 42.9 Å². The number of benzene rings is 2. The van der Waals surface area contributed by atoms with Gasteiger partial charge in [0.15, 0.2) is 5.82 Å². The smallest absolute Gasteiger partial charge is 0.256 e. The summed E-state index contributed by atoms with van der Waals surface area (Å²) in [7, 11) is -0.679. The Morgan fingerprint density at radius 3 is 2.57 bits per heavy atom. The van der Waals surface area contributed by atoms with E-state index < -0.39 is 10.0 Å². The molecule has 0 aliphatic heterocycles. The minimum Gasteiger partial charge on any atom is -0.338 e. The van der Waals surface area contributed by atoms with Gasteiger partial charge < -0.3 is 9.84 Å². The van der Waals surface area contributed by atoms with Crippen LogP contribution in [0.1, 0.15) is 27.6 Å². The van der Waals surface area contributed by atoms with E-state index in [1.54, 1.807) is 32.0 Å². The van der Waals surface area contributed by atoms with E-state index in [0.29, 0.717) is 28.7 Å². The molecule has 0 unspecified atom stereocenters. The van der Waals surface area contributed by atoms with Gasteiger partial charge in [0.05, 0.1) is 16.2 Å². The van der Waals surface area contributed by atoms with Crippen molar-refractivity contribution in [2.75, 3.05) is 19.4 Å². The van der Waals surface area contributed by atoms with Gasteiger partial charge in [-0.3, -0.25) is 4.79 Å². The number of hydrogen-bond acceptors (Lipinski definition) is 7. The fourth-order valence-corrected chi connectivity index (χ4v) is 4.43. The van der Waals surface area contributed by atoms with Crippen molar-refractivity contribution in [1.29, 1.82) is 0 Å². The van der Waals surface area contributed by atoms with Gasteiger partial charge in [-0.05, 0) is 43.7 Å². The van der Waals surface area contributed by atoms with E-state index in [4.69, 9.17) is 4.52 Å². The van der Waals surface area contributed by atoms with Crippen molar-refractivity contribution >= 4 is 33.4 Å². The third kappa shape index (κ3) is 4.89. The lowest BCUT2D eigenvalue weighted by atomic mass is 10.1. The summed E-state index contributed by atoms with van der Waals surface area (Å²) >= 11 is 1.41. The number of aryl methyl sites for hydroxylation is 2. The average molecular weight is 447 g/mol. The zero-order valence-electron chi connectivity index (χ0n) is 17.0. The van der Waals surface area contributed by atoms with Crippen LogP contribution in [-0.2, 0) is 15.8 Å². The summed E-state index contributed by atoms with van der Waals surface area (Å²) < 4.78 is 31.1. The normalized spacial score (nSPS) is 11.6. The van der Waals surface area contributed by atoms with Crippen LogP contribution in [0.2, 0.25) is 0 Å². The Balaban J connectivity index is 1.83. The average Bonchev–Trinajstić information content (AvgIpc) is 3.13. The molecule has 0 aliphatic carbocycles. The van der Waals surface area contributed by atoms with Gasteiger partial charge in [0.2, 0.25) is 15.9 Å². The molecule has 0 radical (unpaired) electrons. The molecule has 0 fully saturated rings. The van der Waals surface area contributed by atoms with Crippen LogP contribution in [0.3, 0.4) is 0 Å². The highest BCUT2D eigenvalue weighted by Crippen LogP contribution is 2.28. The highest BCUT2D eigenvalue weighted by atomic mass is 32.2. The molecule has 3 rings (SSSR count). The van der Waals surface area contributed by atoms with Gasteiger partial charge >= 0.3 is 0 Å². The van der Waals surface area contributed by atoms with Crippen LogP contribution >= 0.6 is 11.8 Å². The van der Waals surface area contributed by atoms with Crippen molar-refractivity contribution in [3.8, 4) is 0 Å². The number of thioether (sulfide) groups is 1. The van der Waals surface area contributed by atoms with Crippen LogP contribution < -0.4 is 5.32 Å². The van der Waals surface area contributed by atoms with E-state index in [-0.39, 0.29) is 10.8 Å². The van der Waals surface area contributed by atoms with Gasteiger partial charge in [0.25, 0.3) is 5.91 Å².